The molecular formula is C14H15NO4S. The van der Waals surface area contributed by atoms with Gasteiger partial charge in [0.2, 0.25) is 5.91 Å². The van der Waals surface area contributed by atoms with Crippen LogP contribution in [0.4, 0.5) is 0 Å². The van der Waals surface area contributed by atoms with Crippen molar-refractivity contribution in [1.82, 2.24) is 4.90 Å². The number of carbonyl (C=O) groups excluding carboxylic acids is 2. The average molecular weight is 293 g/mol. The Bertz CT molecular complexity index is 680. The summed E-state index contributed by atoms with van der Waals surface area (Å²) in [4.78, 5) is 24.9. The molecule has 6 heteroatoms. The van der Waals surface area contributed by atoms with E-state index in [-0.39, 0.29) is 29.6 Å². The van der Waals surface area contributed by atoms with Crippen molar-refractivity contribution in [2.45, 2.75) is 24.6 Å². The van der Waals surface area contributed by atoms with Crippen LogP contribution in [0.2, 0.25) is 0 Å². The number of rotatable bonds is 1. The lowest BCUT2D eigenvalue weighted by Gasteiger charge is -2.37. The summed E-state index contributed by atoms with van der Waals surface area (Å²) in [6.45, 7) is 0.312. The third-order valence-electron chi connectivity index (χ3n) is 3.88. The molecule has 0 saturated carbocycles. The molecule has 106 valence electrons. The van der Waals surface area contributed by atoms with E-state index in [0.717, 1.165) is 11.1 Å². The van der Waals surface area contributed by atoms with Crippen LogP contribution >= 0.6 is 0 Å². The summed E-state index contributed by atoms with van der Waals surface area (Å²) in [6, 6.07) is 6.86. The SMILES string of the molecule is O=C1CCN(C2CS(=O)(=O)Cc3ccccc32)C(=O)C1. The molecule has 2 heterocycles. The van der Waals surface area contributed by atoms with Crippen LogP contribution in [0.3, 0.4) is 0 Å². The second-order valence-corrected chi connectivity index (χ2v) is 7.43. The Morgan fingerprint density at radius 2 is 1.90 bits per heavy atom. The van der Waals surface area contributed by atoms with Crippen LogP contribution in [-0.4, -0.2) is 37.3 Å². The molecule has 2 aliphatic heterocycles. The number of sulfone groups is 1. The van der Waals surface area contributed by atoms with Gasteiger partial charge in [-0.3, -0.25) is 9.59 Å². The predicted molar refractivity (Wildman–Crippen MR) is 72.6 cm³/mol. The summed E-state index contributed by atoms with van der Waals surface area (Å²) in [7, 11) is -3.21. The first-order valence-electron chi connectivity index (χ1n) is 6.56. The Hall–Kier alpha value is -1.69. The van der Waals surface area contributed by atoms with Crippen molar-refractivity contribution >= 4 is 21.5 Å². The summed E-state index contributed by atoms with van der Waals surface area (Å²) in [5.74, 6) is -0.360. The highest BCUT2D eigenvalue weighted by Crippen LogP contribution is 2.33. The van der Waals surface area contributed by atoms with Crippen LogP contribution in [0.1, 0.15) is 30.0 Å². The monoisotopic (exact) mass is 293 g/mol. The molecule has 1 aromatic rings. The highest BCUT2D eigenvalue weighted by atomic mass is 32.2. The van der Waals surface area contributed by atoms with Gasteiger partial charge in [0.25, 0.3) is 0 Å². The van der Waals surface area contributed by atoms with Crippen LogP contribution in [0, 0.1) is 0 Å². The van der Waals surface area contributed by atoms with Crippen molar-refractivity contribution in [1.29, 1.82) is 0 Å². The second kappa shape index (κ2) is 4.70. The molecule has 5 nitrogen and oxygen atoms in total. The van der Waals surface area contributed by atoms with E-state index in [1.807, 2.05) is 12.1 Å². The molecule has 20 heavy (non-hydrogen) atoms. The van der Waals surface area contributed by atoms with E-state index in [1.165, 1.54) is 0 Å². The van der Waals surface area contributed by atoms with E-state index in [4.69, 9.17) is 0 Å². The fourth-order valence-electron chi connectivity index (χ4n) is 2.93. The standard InChI is InChI=1S/C14H15NO4S/c16-11-5-6-15(14(17)7-11)13-9-20(18,19)8-10-3-1-2-4-12(10)13/h1-4,13H,5-9H2. The molecule has 1 saturated heterocycles. The third-order valence-corrected chi connectivity index (χ3v) is 5.45. The first-order valence-corrected chi connectivity index (χ1v) is 8.38. The van der Waals surface area contributed by atoms with E-state index < -0.39 is 15.9 Å². The molecule has 1 unspecified atom stereocenters. The predicted octanol–water partition coefficient (Wildman–Crippen LogP) is 0.848. The van der Waals surface area contributed by atoms with Crippen molar-refractivity contribution in [2.24, 2.45) is 0 Å². The van der Waals surface area contributed by atoms with E-state index in [0.29, 0.717) is 13.0 Å². The van der Waals surface area contributed by atoms with Crippen molar-refractivity contribution in [3.63, 3.8) is 0 Å². The molecule has 0 aromatic heterocycles. The maximum atomic E-state index is 12.0. The number of nitrogens with zero attached hydrogens (tertiary/aromatic N) is 1. The first kappa shape index (κ1) is 13.3. The summed E-state index contributed by atoms with van der Waals surface area (Å²) in [5, 5.41) is 0. The van der Waals surface area contributed by atoms with Crippen LogP contribution in [0.25, 0.3) is 0 Å². The highest BCUT2D eigenvalue weighted by molar-refractivity contribution is 7.90. The highest BCUT2D eigenvalue weighted by Gasteiger charge is 2.37. The zero-order valence-corrected chi connectivity index (χ0v) is 11.7. The number of ketones is 1. The number of likely N-dealkylation sites (tertiary alicyclic amines) is 1. The fraction of sp³-hybridized carbons (Fsp3) is 0.429. The van der Waals surface area contributed by atoms with Gasteiger partial charge in [-0.1, -0.05) is 24.3 Å². The van der Waals surface area contributed by atoms with Gasteiger partial charge in [-0.25, -0.2) is 8.42 Å². The maximum absolute atomic E-state index is 12.0. The molecule has 0 aliphatic carbocycles. The molecule has 1 amide bonds. The minimum Gasteiger partial charge on any atom is -0.334 e. The quantitative estimate of drug-likeness (QED) is 0.720. The Kier molecular flexibility index (Phi) is 3.12. The van der Waals surface area contributed by atoms with Gasteiger partial charge in [0.1, 0.15) is 5.78 Å². The Morgan fingerprint density at radius 3 is 2.65 bits per heavy atom. The number of piperidine rings is 1. The number of hydrogen-bond acceptors (Lipinski definition) is 4. The molecule has 0 N–H and O–H groups in total. The minimum absolute atomic E-state index is 0.0284. The van der Waals surface area contributed by atoms with Crippen LogP contribution < -0.4 is 0 Å². The normalized spacial score (nSPS) is 25.4. The third kappa shape index (κ3) is 2.35. The van der Waals surface area contributed by atoms with Crippen molar-refractivity contribution in [3.8, 4) is 0 Å². The van der Waals surface area contributed by atoms with Gasteiger partial charge in [0, 0.05) is 13.0 Å². The van der Waals surface area contributed by atoms with Crippen LogP contribution in [0.15, 0.2) is 24.3 Å². The molecule has 1 fully saturated rings. The van der Waals surface area contributed by atoms with Gasteiger partial charge >= 0.3 is 0 Å². The Balaban J connectivity index is 2.01. The van der Waals surface area contributed by atoms with Crippen molar-refractivity contribution in [2.75, 3.05) is 12.3 Å². The van der Waals surface area contributed by atoms with Gasteiger partial charge in [-0.15, -0.1) is 0 Å². The lowest BCUT2D eigenvalue weighted by Crippen LogP contribution is -2.45. The average Bonchev–Trinajstić information content (AvgIpc) is 2.37. The molecule has 0 bridgehead atoms. The van der Waals surface area contributed by atoms with Gasteiger partial charge in [0.15, 0.2) is 9.84 Å². The molecule has 2 aliphatic rings. The van der Waals surface area contributed by atoms with Gasteiger partial charge in [0.05, 0.1) is 24.0 Å². The first-order chi connectivity index (χ1) is 9.46. The zero-order valence-electron chi connectivity index (χ0n) is 10.9. The Morgan fingerprint density at radius 1 is 1.15 bits per heavy atom. The molecule has 0 spiro atoms. The van der Waals surface area contributed by atoms with E-state index in [2.05, 4.69) is 0 Å². The van der Waals surface area contributed by atoms with Crippen LogP contribution in [-0.2, 0) is 25.2 Å². The number of Topliss-reactive ketones (excluding diaryl/α,β-unsaturated/α-hetero) is 1. The number of hydrogen-bond donors (Lipinski definition) is 0. The van der Waals surface area contributed by atoms with Gasteiger partial charge < -0.3 is 4.90 Å². The summed E-state index contributed by atoms with van der Waals surface area (Å²) in [6.07, 6.45) is 0.198. The molecule has 0 radical (unpaired) electrons. The zero-order chi connectivity index (χ0) is 14.3. The van der Waals surface area contributed by atoms with Crippen LogP contribution in [0.5, 0.6) is 0 Å². The smallest absolute Gasteiger partial charge is 0.230 e. The summed E-state index contributed by atoms with van der Waals surface area (Å²) >= 11 is 0. The number of benzene rings is 1. The van der Waals surface area contributed by atoms with Crippen molar-refractivity contribution in [3.05, 3.63) is 35.4 Å². The second-order valence-electron chi connectivity index (χ2n) is 5.32. The van der Waals surface area contributed by atoms with Crippen molar-refractivity contribution < 1.29 is 18.0 Å². The molecule has 1 aromatic carbocycles. The number of fused-ring (bicyclic) bond motifs is 1. The maximum Gasteiger partial charge on any atom is 0.230 e. The fourth-order valence-corrected chi connectivity index (χ4v) is 4.63. The topological polar surface area (TPSA) is 71.5 Å². The van der Waals surface area contributed by atoms with E-state index >= 15 is 0 Å². The Labute approximate surface area is 117 Å². The lowest BCUT2D eigenvalue weighted by atomic mass is 9.98. The van der Waals surface area contributed by atoms with E-state index in [9.17, 15) is 18.0 Å². The van der Waals surface area contributed by atoms with Gasteiger partial charge in [-0.05, 0) is 11.1 Å². The molecule has 1 atom stereocenters. The van der Waals surface area contributed by atoms with E-state index in [1.54, 1.807) is 17.0 Å². The summed E-state index contributed by atoms with van der Waals surface area (Å²) < 4.78 is 24.1. The minimum atomic E-state index is -3.21. The summed E-state index contributed by atoms with van der Waals surface area (Å²) in [5.41, 5.74) is 1.65. The lowest BCUT2D eigenvalue weighted by molar-refractivity contribution is -0.141. The largest absolute Gasteiger partial charge is 0.334 e. The molecule has 3 rings (SSSR count). The number of amides is 1. The van der Waals surface area contributed by atoms with Gasteiger partial charge in [-0.2, -0.15) is 0 Å². The molecular weight excluding hydrogens is 278 g/mol. The number of carbonyl (C=O) groups is 2.